The highest BCUT2D eigenvalue weighted by atomic mass is 35.5. The number of carbonyl (C=O) groups excluding carboxylic acids is 2. The summed E-state index contributed by atoms with van der Waals surface area (Å²) < 4.78 is 5.73. The van der Waals surface area contributed by atoms with Gasteiger partial charge in [-0.15, -0.1) is 0 Å². The molecule has 1 atom stereocenters. The molecule has 0 aliphatic heterocycles. The van der Waals surface area contributed by atoms with Crippen LogP contribution in [-0.2, 0) is 0 Å². The Hall–Kier alpha value is -3.11. The molecule has 3 aromatic rings. The minimum absolute atomic E-state index is 0.131. The van der Waals surface area contributed by atoms with Crippen LogP contribution < -0.4 is 10.1 Å². The number of hydrogen-bond donors (Lipinski definition) is 1. The highest BCUT2D eigenvalue weighted by molar-refractivity contribution is 6.30. The first kappa shape index (κ1) is 19.6. The Morgan fingerprint density at radius 2 is 1.57 bits per heavy atom. The molecule has 0 unspecified atom stereocenters. The van der Waals surface area contributed by atoms with Crippen LogP contribution in [0.5, 0.6) is 5.75 Å². The number of amides is 1. The van der Waals surface area contributed by atoms with Gasteiger partial charge in [-0.1, -0.05) is 29.8 Å². The van der Waals surface area contributed by atoms with Crippen molar-refractivity contribution >= 4 is 29.0 Å². The van der Waals surface area contributed by atoms with Crippen LogP contribution in [0.15, 0.2) is 72.8 Å². The molecule has 1 N–H and O–H groups in total. The van der Waals surface area contributed by atoms with Gasteiger partial charge >= 0.3 is 0 Å². The average molecular weight is 394 g/mol. The molecule has 0 saturated carbocycles. The number of carbonyl (C=O) groups is 2. The molecular formula is C23H20ClNO3. The van der Waals surface area contributed by atoms with Crippen molar-refractivity contribution in [3.05, 3.63) is 94.5 Å². The van der Waals surface area contributed by atoms with E-state index in [1.165, 1.54) is 0 Å². The third-order valence-corrected chi connectivity index (χ3v) is 4.56. The summed E-state index contributed by atoms with van der Waals surface area (Å²) in [6, 6.07) is 21.0. The molecule has 0 fully saturated rings. The third kappa shape index (κ3) is 4.78. The van der Waals surface area contributed by atoms with Crippen molar-refractivity contribution in [1.29, 1.82) is 0 Å². The number of Topliss-reactive ketones (excluding diaryl/α,β-unsaturated/α-hetero) is 1. The second kappa shape index (κ2) is 8.72. The fraction of sp³-hybridized carbons (Fsp3) is 0.130. The van der Waals surface area contributed by atoms with Crippen molar-refractivity contribution in [3.63, 3.8) is 0 Å². The molecule has 0 aliphatic rings. The molecule has 0 aliphatic carbocycles. The first-order chi connectivity index (χ1) is 13.4. The van der Waals surface area contributed by atoms with Gasteiger partial charge < -0.3 is 10.1 Å². The lowest BCUT2D eigenvalue weighted by Gasteiger charge is -2.14. The van der Waals surface area contributed by atoms with Gasteiger partial charge in [-0.3, -0.25) is 9.59 Å². The fourth-order valence-corrected chi connectivity index (χ4v) is 2.88. The second-order valence-corrected chi connectivity index (χ2v) is 6.86. The lowest BCUT2D eigenvalue weighted by Crippen LogP contribution is -2.23. The number of aryl methyl sites for hydroxylation is 1. The summed E-state index contributed by atoms with van der Waals surface area (Å²) in [6.07, 6.45) is -0.645. The van der Waals surface area contributed by atoms with Gasteiger partial charge in [-0.05, 0) is 74.0 Å². The molecule has 1 amide bonds. The Kier molecular flexibility index (Phi) is 6.12. The smallest absolute Gasteiger partial charge is 0.255 e. The Balaban J connectivity index is 1.62. The Bertz CT molecular complexity index is 981. The quantitative estimate of drug-likeness (QED) is 0.558. The van der Waals surface area contributed by atoms with Gasteiger partial charge in [0.05, 0.1) is 0 Å². The largest absolute Gasteiger partial charge is 0.483 e. The number of benzene rings is 3. The molecule has 0 spiro atoms. The molecule has 0 saturated heterocycles. The molecule has 0 heterocycles. The molecule has 3 aromatic carbocycles. The maximum Gasteiger partial charge on any atom is 0.255 e. The van der Waals surface area contributed by atoms with Crippen LogP contribution in [-0.4, -0.2) is 17.8 Å². The maximum atomic E-state index is 12.4. The summed E-state index contributed by atoms with van der Waals surface area (Å²) in [6.45, 7) is 3.59. The van der Waals surface area contributed by atoms with Gasteiger partial charge in [0.15, 0.2) is 6.10 Å². The van der Waals surface area contributed by atoms with E-state index in [-0.39, 0.29) is 11.7 Å². The number of halogens is 1. The SMILES string of the molecule is Cc1ccccc1C(=O)Nc1ccc(O[C@H](C)C(=O)c2ccc(Cl)cc2)cc1. The standard InChI is InChI=1S/C23H20ClNO3/c1-15-5-3-4-6-21(15)23(27)25-19-11-13-20(14-12-19)28-16(2)22(26)17-7-9-18(24)10-8-17/h3-14,16H,1-2H3,(H,25,27)/t16-/m1/s1. The predicted octanol–water partition coefficient (Wildman–Crippen LogP) is 5.55. The average Bonchev–Trinajstić information content (AvgIpc) is 2.69. The van der Waals surface area contributed by atoms with Crippen molar-refractivity contribution < 1.29 is 14.3 Å². The van der Waals surface area contributed by atoms with E-state index in [9.17, 15) is 9.59 Å². The Labute approximate surface area is 169 Å². The van der Waals surface area contributed by atoms with E-state index in [2.05, 4.69) is 5.32 Å². The highest BCUT2D eigenvalue weighted by Gasteiger charge is 2.17. The van der Waals surface area contributed by atoms with Crippen molar-refractivity contribution in [2.75, 3.05) is 5.32 Å². The van der Waals surface area contributed by atoms with Crippen LogP contribution in [0.25, 0.3) is 0 Å². The normalized spacial score (nSPS) is 11.5. The number of rotatable bonds is 6. The number of ether oxygens (including phenoxy) is 1. The maximum absolute atomic E-state index is 12.4. The van der Waals surface area contributed by atoms with Crippen molar-refractivity contribution in [2.24, 2.45) is 0 Å². The molecule has 142 valence electrons. The van der Waals surface area contributed by atoms with Crippen LogP contribution in [0.3, 0.4) is 0 Å². The van der Waals surface area contributed by atoms with Gasteiger partial charge in [0.2, 0.25) is 5.78 Å². The first-order valence-corrected chi connectivity index (χ1v) is 9.25. The molecule has 0 bridgehead atoms. The number of nitrogens with one attached hydrogen (secondary N) is 1. The van der Waals surface area contributed by atoms with Gasteiger partial charge in [-0.2, -0.15) is 0 Å². The number of anilines is 1. The minimum atomic E-state index is -0.645. The van der Waals surface area contributed by atoms with E-state index in [4.69, 9.17) is 16.3 Å². The Morgan fingerprint density at radius 1 is 0.929 bits per heavy atom. The second-order valence-electron chi connectivity index (χ2n) is 6.42. The molecule has 0 aromatic heterocycles. The molecule has 0 radical (unpaired) electrons. The van der Waals surface area contributed by atoms with Crippen molar-refractivity contribution in [3.8, 4) is 5.75 Å². The van der Waals surface area contributed by atoms with E-state index < -0.39 is 6.10 Å². The van der Waals surface area contributed by atoms with Gasteiger partial charge in [0.1, 0.15) is 5.75 Å². The number of hydrogen-bond acceptors (Lipinski definition) is 3. The zero-order chi connectivity index (χ0) is 20.1. The molecule has 28 heavy (non-hydrogen) atoms. The molecule has 3 rings (SSSR count). The van der Waals surface area contributed by atoms with Crippen molar-refractivity contribution in [2.45, 2.75) is 20.0 Å². The van der Waals surface area contributed by atoms with E-state index in [1.54, 1.807) is 61.5 Å². The zero-order valence-electron chi connectivity index (χ0n) is 15.6. The van der Waals surface area contributed by atoms with E-state index in [0.29, 0.717) is 27.6 Å². The summed E-state index contributed by atoms with van der Waals surface area (Å²) in [4.78, 5) is 24.8. The molecule has 4 nitrogen and oxygen atoms in total. The van der Waals surface area contributed by atoms with E-state index in [0.717, 1.165) is 5.56 Å². The summed E-state index contributed by atoms with van der Waals surface area (Å²) >= 11 is 5.85. The highest BCUT2D eigenvalue weighted by Crippen LogP contribution is 2.20. The first-order valence-electron chi connectivity index (χ1n) is 8.87. The van der Waals surface area contributed by atoms with Crippen LogP contribution in [0, 0.1) is 6.92 Å². The summed E-state index contributed by atoms with van der Waals surface area (Å²) in [5, 5.41) is 3.44. The van der Waals surface area contributed by atoms with Gasteiger partial charge in [-0.25, -0.2) is 0 Å². The monoisotopic (exact) mass is 393 g/mol. The summed E-state index contributed by atoms with van der Waals surface area (Å²) in [7, 11) is 0. The Morgan fingerprint density at radius 3 is 2.21 bits per heavy atom. The zero-order valence-corrected chi connectivity index (χ0v) is 16.4. The van der Waals surface area contributed by atoms with Crippen LogP contribution in [0.2, 0.25) is 5.02 Å². The minimum Gasteiger partial charge on any atom is -0.483 e. The molecular weight excluding hydrogens is 374 g/mol. The van der Waals surface area contributed by atoms with Crippen LogP contribution >= 0.6 is 11.6 Å². The third-order valence-electron chi connectivity index (χ3n) is 4.31. The summed E-state index contributed by atoms with van der Waals surface area (Å²) in [5.74, 6) is 0.246. The molecule has 5 heteroatoms. The fourth-order valence-electron chi connectivity index (χ4n) is 2.75. The number of ketones is 1. The van der Waals surface area contributed by atoms with Gasteiger partial charge in [0, 0.05) is 21.8 Å². The topological polar surface area (TPSA) is 55.4 Å². The van der Waals surface area contributed by atoms with Crippen LogP contribution in [0.1, 0.15) is 33.2 Å². The van der Waals surface area contributed by atoms with Gasteiger partial charge in [0.25, 0.3) is 5.91 Å². The van der Waals surface area contributed by atoms with Crippen LogP contribution in [0.4, 0.5) is 5.69 Å². The predicted molar refractivity (Wildman–Crippen MR) is 111 cm³/mol. The summed E-state index contributed by atoms with van der Waals surface area (Å²) in [5.41, 5.74) is 2.73. The van der Waals surface area contributed by atoms with E-state index >= 15 is 0 Å². The lowest BCUT2D eigenvalue weighted by atomic mass is 10.1. The van der Waals surface area contributed by atoms with E-state index in [1.807, 2.05) is 25.1 Å². The van der Waals surface area contributed by atoms with Crippen molar-refractivity contribution in [1.82, 2.24) is 0 Å². The lowest BCUT2D eigenvalue weighted by molar-refractivity contribution is 0.0818.